The monoisotopic (exact) mass is 444 g/mol. The summed E-state index contributed by atoms with van der Waals surface area (Å²) in [5.74, 6) is -1.18. The Morgan fingerprint density at radius 3 is 2.52 bits per heavy atom. The van der Waals surface area contributed by atoms with Crippen molar-refractivity contribution >= 4 is 27.6 Å². The van der Waals surface area contributed by atoms with Crippen LogP contribution in [0.2, 0.25) is 0 Å². The van der Waals surface area contributed by atoms with Gasteiger partial charge >= 0.3 is 5.97 Å². The lowest BCUT2D eigenvalue weighted by molar-refractivity contribution is -0.124. The van der Waals surface area contributed by atoms with Crippen LogP contribution in [0.15, 0.2) is 72.1 Å². The standard InChI is InChI=1S/C23H28N2O5S/c1-4-10-18(3)24-22(26)17-30-23(27)19-11-9-14-21(16-19)31(28,29)25(15-5-2)20-12-7-6-8-13-20/h5-9,11-14,16,18H,2,4,10,15,17H2,1,3H3,(H,24,26). The number of rotatable bonds is 11. The molecular weight excluding hydrogens is 416 g/mol. The third-order valence-corrected chi connectivity index (χ3v) is 6.25. The van der Waals surface area contributed by atoms with E-state index >= 15 is 0 Å². The van der Waals surface area contributed by atoms with Gasteiger partial charge in [0.1, 0.15) is 0 Å². The predicted molar refractivity (Wildman–Crippen MR) is 120 cm³/mol. The van der Waals surface area contributed by atoms with E-state index in [2.05, 4.69) is 11.9 Å². The van der Waals surface area contributed by atoms with Gasteiger partial charge in [-0.25, -0.2) is 13.2 Å². The molecule has 0 aromatic heterocycles. The average molecular weight is 445 g/mol. The molecule has 0 bridgehead atoms. The lowest BCUT2D eigenvalue weighted by Crippen LogP contribution is -2.35. The predicted octanol–water partition coefficient (Wildman–Crippen LogP) is 3.53. The Kier molecular flexibility index (Phi) is 8.81. The highest BCUT2D eigenvalue weighted by molar-refractivity contribution is 7.92. The summed E-state index contributed by atoms with van der Waals surface area (Å²) in [5, 5.41) is 2.74. The van der Waals surface area contributed by atoms with Crippen LogP contribution in [-0.4, -0.2) is 39.5 Å². The lowest BCUT2D eigenvalue weighted by atomic mass is 10.2. The zero-order valence-electron chi connectivity index (χ0n) is 17.8. The van der Waals surface area contributed by atoms with Crippen molar-refractivity contribution in [3.05, 3.63) is 72.8 Å². The molecule has 0 aliphatic rings. The second-order valence-electron chi connectivity index (χ2n) is 7.02. The maximum absolute atomic E-state index is 13.2. The van der Waals surface area contributed by atoms with Gasteiger partial charge in [0.2, 0.25) is 0 Å². The van der Waals surface area contributed by atoms with Gasteiger partial charge in [-0.05, 0) is 43.7 Å². The fourth-order valence-electron chi connectivity index (χ4n) is 3.00. The minimum absolute atomic E-state index is 0.0153. The zero-order valence-corrected chi connectivity index (χ0v) is 18.6. The zero-order chi connectivity index (χ0) is 22.9. The normalized spacial score (nSPS) is 11.9. The van der Waals surface area contributed by atoms with E-state index in [0.717, 1.165) is 12.8 Å². The number of ether oxygens (including phenoxy) is 1. The molecular formula is C23H28N2O5S. The van der Waals surface area contributed by atoms with Crippen LogP contribution in [-0.2, 0) is 19.6 Å². The third kappa shape index (κ3) is 6.68. The SMILES string of the molecule is C=CCN(c1ccccc1)S(=O)(=O)c1cccc(C(=O)OCC(=O)NC(C)CCC)c1. The summed E-state index contributed by atoms with van der Waals surface area (Å²) < 4.78 is 32.7. The summed E-state index contributed by atoms with van der Waals surface area (Å²) in [4.78, 5) is 24.2. The fourth-order valence-corrected chi connectivity index (χ4v) is 4.48. The van der Waals surface area contributed by atoms with Crippen LogP contribution >= 0.6 is 0 Å². The topological polar surface area (TPSA) is 92.8 Å². The number of anilines is 1. The molecule has 166 valence electrons. The molecule has 1 atom stereocenters. The van der Waals surface area contributed by atoms with Crippen molar-refractivity contribution in [3.8, 4) is 0 Å². The Labute approximate surface area is 183 Å². The first-order valence-electron chi connectivity index (χ1n) is 10.0. The summed E-state index contributed by atoms with van der Waals surface area (Å²) in [6.45, 7) is 7.15. The number of hydrogen-bond acceptors (Lipinski definition) is 5. The third-order valence-electron chi connectivity index (χ3n) is 4.46. The highest BCUT2D eigenvalue weighted by atomic mass is 32.2. The fraction of sp³-hybridized carbons (Fsp3) is 0.304. The number of sulfonamides is 1. The molecule has 0 aliphatic carbocycles. The van der Waals surface area contributed by atoms with E-state index in [1.165, 1.54) is 34.6 Å². The maximum atomic E-state index is 13.2. The number of nitrogens with one attached hydrogen (secondary N) is 1. The van der Waals surface area contributed by atoms with E-state index in [1.807, 2.05) is 13.8 Å². The number of amides is 1. The Morgan fingerprint density at radius 1 is 1.16 bits per heavy atom. The number of hydrogen-bond donors (Lipinski definition) is 1. The van der Waals surface area contributed by atoms with Gasteiger partial charge in [0.15, 0.2) is 6.61 Å². The number of carbonyl (C=O) groups is 2. The van der Waals surface area contributed by atoms with Gasteiger partial charge in [0, 0.05) is 6.04 Å². The van der Waals surface area contributed by atoms with Gasteiger partial charge in [-0.15, -0.1) is 6.58 Å². The molecule has 0 aliphatic heterocycles. The largest absolute Gasteiger partial charge is 0.452 e. The van der Waals surface area contributed by atoms with Gasteiger partial charge in [-0.2, -0.15) is 0 Å². The first-order valence-corrected chi connectivity index (χ1v) is 11.5. The van der Waals surface area contributed by atoms with E-state index in [0.29, 0.717) is 5.69 Å². The van der Waals surface area contributed by atoms with Crippen molar-refractivity contribution in [2.45, 2.75) is 37.6 Å². The molecule has 7 nitrogen and oxygen atoms in total. The Morgan fingerprint density at radius 2 is 1.87 bits per heavy atom. The number of esters is 1. The quantitative estimate of drug-likeness (QED) is 0.423. The molecule has 0 spiro atoms. The Balaban J connectivity index is 2.17. The highest BCUT2D eigenvalue weighted by Gasteiger charge is 2.25. The molecule has 0 radical (unpaired) electrons. The van der Waals surface area contributed by atoms with Crippen molar-refractivity contribution in [2.24, 2.45) is 0 Å². The van der Waals surface area contributed by atoms with E-state index < -0.39 is 28.5 Å². The van der Waals surface area contributed by atoms with Gasteiger partial charge in [-0.1, -0.05) is 43.7 Å². The number of nitrogens with zero attached hydrogens (tertiary/aromatic N) is 1. The van der Waals surface area contributed by atoms with Crippen LogP contribution in [0.1, 0.15) is 37.0 Å². The highest BCUT2D eigenvalue weighted by Crippen LogP contribution is 2.24. The van der Waals surface area contributed by atoms with Crippen molar-refractivity contribution in [3.63, 3.8) is 0 Å². The van der Waals surface area contributed by atoms with Gasteiger partial charge in [0.05, 0.1) is 22.7 Å². The summed E-state index contributed by atoms with van der Waals surface area (Å²) >= 11 is 0. The molecule has 8 heteroatoms. The van der Waals surface area contributed by atoms with Crippen LogP contribution < -0.4 is 9.62 Å². The average Bonchev–Trinajstić information content (AvgIpc) is 2.76. The van der Waals surface area contributed by atoms with Crippen molar-refractivity contribution < 1.29 is 22.7 Å². The van der Waals surface area contributed by atoms with Gasteiger partial charge in [-0.3, -0.25) is 9.10 Å². The summed E-state index contributed by atoms with van der Waals surface area (Å²) in [6, 6.07) is 14.2. The van der Waals surface area contributed by atoms with Crippen LogP contribution in [0.5, 0.6) is 0 Å². The smallest absolute Gasteiger partial charge is 0.338 e. The lowest BCUT2D eigenvalue weighted by Gasteiger charge is -2.23. The molecule has 1 N–H and O–H groups in total. The molecule has 2 rings (SSSR count). The molecule has 0 saturated heterocycles. The summed E-state index contributed by atoms with van der Waals surface area (Å²) in [7, 11) is -3.95. The first-order chi connectivity index (χ1) is 14.8. The molecule has 2 aromatic rings. The second-order valence-corrected chi connectivity index (χ2v) is 8.88. The van der Waals surface area contributed by atoms with Crippen LogP contribution in [0.4, 0.5) is 5.69 Å². The molecule has 0 heterocycles. The molecule has 2 aromatic carbocycles. The minimum Gasteiger partial charge on any atom is -0.452 e. The number of benzene rings is 2. The summed E-state index contributed by atoms with van der Waals surface area (Å²) in [5.41, 5.74) is 0.523. The molecule has 0 saturated carbocycles. The maximum Gasteiger partial charge on any atom is 0.338 e. The van der Waals surface area contributed by atoms with Gasteiger partial charge in [0.25, 0.3) is 15.9 Å². The minimum atomic E-state index is -3.95. The van der Waals surface area contributed by atoms with Crippen molar-refractivity contribution in [1.82, 2.24) is 5.32 Å². The summed E-state index contributed by atoms with van der Waals surface area (Å²) in [6.07, 6.45) is 3.23. The van der Waals surface area contributed by atoms with E-state index in [4.69, 9.17) is 4.74 Å². The van der Waals surface area contributed by atoms with E-state index in [9.17, 15) is 18.0 Å². The Hall–Kier alpha value is -3.13. The van der Waals surface area contributed by atoms with E-state index in [-0.39, 0.29) is 23.0 Å². The van der Waals surface area contributed by atoms with Crippen LogP contribution in [0, 0.1) is 0 Å². The van der Waals surface area contributed by atoms with Gasteiger partial charge < -0.3 is 10.1 Å². The number of carbonyl (C=O) groups excluding carboxylic acids is 2. The van der Waals surface area contributed by atoms with Crippen LogP contribution in [0.3, 0.4) is 0 Å². The van der Waals surface area contributed by atoms with Crippen LogP contribution in [0.25, 0.3) is 0 Å². The first kappa shape index (κ1) is 24.1. The molecule has 0 fully saturated rings. The van der Waals surface area contributed by atoms with Crippen molar-refractivity contribution in [1.29, 1.82) is 0 Å². The number of para-hydroxylation sites is 1. The van der Waals surface area contributed by atoms with Crippen molar-refractivity contribution in [2.75, 3.05) is 17.5 Å². The van der Waals surface area contributed by atoms with E-state index in [1.54, 1.807) is 30.3 Å². The molecule has 31 heavy (non-hydrogen) atoms. The molecule has 1 amide bonds. The second kappa shape index (κ2) is 11.3. The molecule has 1 unspecified atom stereocenters. The Bertz CT molecular complexity index is 1010.